The van der Waals surface area contributed by atoms with Crippen LogP contribution in [0.3, 0.4) is 0 Å². The minimum Gasteiger partial charge on any atom is -0.484 e. The summed E-state index contributed by atoms with van der Waals surface area (Å²) in [6, 6.07) is 5.33. The summed E-state index contributed by atoms with van der Waals surface area (Å²) < 4.78 is 10.0. The Morgan fingerprint density at radius 1 is 1.26 bits per heavy atom. The fourth-order valence-corrected chi connectivity index (χ4v) is 1.72. The number of carbonyl (C=O) groups excluding carboxylic acids is 2. The van der Waals surface area contributed by atoms with Crippen LogP contribution in [0.15, 0.2) is 18.2 Å². The van der Waals surface area contributed by atoms with Gasteiger partial charge in [-0.15, -0.1) is 0 Å². The van der Waals surface area contributed by atoms with Crippen LogP contribution in [0.4, 0.5) is 0 Å². The Balaban J connectivity index is 2.36. The van der Waals surface area contributed by atoms with Crippen molar-refractivity contribution in [2.45, 2.75) is 26.7 Å². The highest BCUT2D eigenvalue weighted by Gasteiger charge is 2.09. The lowest BCUT2D eigenvalue weighted by Crippen LogP contribution is -2.14. The number of hydrogen-bond acceptors (Lipinski definition) is 4. The molecule has 0 spiro atoms. The zero-order valence-corrected chi connectivity index (χ0v) is 11.8. The van der Waals surface area contributed by atoms with E-state index in [1.165, 1.54) is 0 Å². The van der Waals surface area contributed by atoms with Crippen molar-refractivity contribution in [1.82, 2.24) is 0 Å². The van der Waals surface area contributed by atoms with Crippen molar-refractivity contribution in [3.63, 3.8) is 0 Å². The van der Waals surface area contributed by atoms with Crippen LogP contribution in [0, 0.1) is 6.92 Å². The number of Topliss-reactive ketones (excluding diaryl/α,β-unsaturated/α-hetero) is 1. The maximum absolute atomic E-state index is 11.5. The van der Waals surface area contributed by atoms with E-state index >= 15 is 0 Å². The van der Waals surface area contributed by atoms with E-state index in [9.17, 15) is 9.59 Å². The monoisotopic (exact) mass is 284 g/mol. The van der Waals surface area contributed by atoms with Crippen molar-refractivity contribution in [3.05, 3.63) is 28.8 Å². The Hall–Kier alpha value is -1.55. The van der Waals surface area contributed by atoms with Crippen molar-refractivity contribution >= 4 is 23.4 Å². The van der Waals surface area contributed by atoms with Gasteiger partial charge >= 0.3 is 5.97 Å². The SMILES string of the molecule is CCOC(=O)CCC(=O)COc1ccc(C)cc1Cl. The first kappa shape index (κ1) is 15.5. The summed E-state index contributed by atoms with van der Waals surface area (Å²) in [6.07, 6.45) is 0.194. The van der Waals surface area contributed by atoms with E-state index in [1.54, 1.807) is 19.1 Å². The summed E-state index contributed by atoms with van der Waals surface area (Å²) in [4.78, 5) is 22.6. The minimum absolute atomic E-state index is 0.0810. The molecule has 5 heteroatoms. The number of carbonyl (C=O) groups is 2. The molecular weight excluding hydrogens is 268 g/mol. The third-order valence-electron chi connectivity index (χ3n) is 2.39. The molecule has 0 aliphatic heterocycles. The molecule has 0 aromatic heterocycles. The maximum atomic E-state index is 11.5. The first-order chi connectivity index (χ1) is 9.02. The normalized spacial score (nSPS) is 10.1. The van der Waals surface area contributed by atoms with Crippen molar-refractivity contribution < 1.29 is 19.1 Å². The molecule has 0 aliphatic carbocycles. The third kappa shape index (κ3) is 5.75. The molecule has 0 bridgehead atoms. The van der Waals surface area contributed by atoms with Gasteiger partial charge in [-0.05, 0) is 31.5 Å². The molecule has 0 saturated carbocycles. The molecule has 0 radical (unpaired) electrons. The van der Waals surface area contributed by atoms with E-state index in [1.807, 2.05) is 13.0 Å². The average molecular weight is 285 g/mol. The van der Waals surface area contributed by atoms with Crippen molar-refractivity contribution in [1.29, 1.82) is 0 Å². The molecule has 0 atom stereocenters. The highest BCUT2D eigenvalue weighted by atomic mass is 35.5. The lowest BCUT2D eigenvalue weighted by molar-refractivity contribution is -0.144. The molecule has 19 heavy (non-hydrogen) atoms. The quantitative estimate of drug-likeness (QED) is 0.723. The molecule has 0 unspecified atom stereocenters. The number of esters is 1. The van der Waals surface area contributed by atoms with Crippen LogP contribution in [0.25, 0.3) is 0 Å². The van der Waals surface area contributed by atoms with Gasteiger partial charge in [-0.2, -0.15) is 0 Å². The van der Waals surface area contributed by atoms with Gasteiger partial charge in [0.2, 0.25) is 0 Å². The predicted molar refractivity (Wildman–Crippen MR) is 72.6 cm³/mol. The van der Waals surface area contributed by atoms with Crippen molar-refractivity contribution in [3.8, 4) is 5.75 Å². The molecule has 1 rings (SSSR count). The number of ether oxygens (including phenoxy) is 2. The van der Waals surface area contributed by atoms with Gasteiger partial charge in [0.15, 0.2) is 5.78 Å². The minimum atomic E-state index is -0.371. The second-order valence-corrected chi connectivity index (χ2v) is 4.47. The third-order valence-corrected chi connectivity index (χ3v) is 2.68. The van der Waals surface area contributed by atoms with Crippen molar-refractivity contribution in [2.75, 3.05) is 13.2 Å². The smallest absolute Gasteiger partial charge is 0.306 e. The van der Waals surface area contributed by atoms with Gasteiger partial charge in [0.1, 0.15) is 12.4 Å². The predicted octanol–water partition coefficient (Wildman–Crippen LogP) is 2.94. The van der Waals surface area contributed by atoms with Gasteiger partial charge < -0.3 is 9.47 Å². The zero-order chi connectivity index (χ0) is 14.3. The molecule has 0 N–H and O–H groups in total. The molecule has 0 heterocycles. The van der Waals surface area contributed by atoms with Crippen LogP contribution in [-0.2, 0) is 14.3 Å². The Labute approximate surface area is 117 Å². The zero-order valence-electron chi connectivity index (χ0n) is 11.1. The van der Waals surface area contributed by atoms with E-state index in [4.69, 9.17) is 21.1 Å². The molecule has 0 aliphatic rings. The second-order valence-electron chi connectivity index (χ2n) is 4.07. The number of benzene rings is 1. The van der Waals surface area contributed by atoms with Crippen LogP contribution < -0.4 is 4.74 Å². The lowest BCUT2D eigenvalue weighted by atomic mass is 10.2. The number of hydrogen-bond donors (Lipinski definition) is 0. The van der Waals surface area contributed by atoms with E-state index in [0.29, 0.717) is 17.4 Å². The molecule has 0 amide bonds. The molecule has 104 valence electrons. The molecule has 0 saturated heterocycles. The Kier molecular flexibility index (Phi) is 6.36. The summed E-state index contributed by atoms with van der Waals surface area (Å²) in [7, 11) is 0. The Bertz CT molecular complexity index is 457. The average Bonchev–Trinajstić information content (AvgIpc) is 2.35. The van der Waals surface area contributed by atoms with E-state index in [2.05, 4.69) is 0 Å². The maximum Gasteiger partial charge on any atom is 0.306 e. The van der Waals surface area contributed by atoms with Crippen LogP contribution >= 0.6 is 11.6 Å². The van der Waals surface area contributed by atoms with Crippen LogP contribution in [-0.4, -0.2) is 25.0 Å². The fraction of sp³-hybridized carbons (Fsp3) is 0.429. The first-order valence-electron chi connectivity index (χ1n) is 6.09. The Morgan fingerprint density at radius 3 is 2.63 bits per heavy atom. The van der Waals surface area contributed by atoms with E-state index in [-0.39, 0.29) is 31.2 Å². The van der Waals surface area contributed by atoms with Gasteiger partial charge in [-0.1, -0.05) is 17.7 Å². The van der Waals surface area contributed by atoms with E-state index in [0.717, 1.165) is 5.56 Å². The Morgan fingerprint density at radius 2 is 2.00 bits per heavy atom. The number of rotatable bonds is 7. The van der Waals surface area contributed by atoms with Gasteiger partial charge in [0.05, 0.1) is 18.1 Å². The largest absolute Gasteiger partial charge is 0.484 e. The summed E-state index contributed by atoms with van der Waals surface area (Å²) in [6.45, 7) is 3.87. The molecule has 0 fully saturated rings. The molecule has 1 aromatic carbocycles. The van der Waals surface area contributed by atoms with Crippen LogP contribution in [0.2, 0.25) is 5.02 Å². The summed E-state index contributed by atoms with van der Waals surface area (Å²) in [5.74, 6) is -0.0642. The second kappa shape index (κ2) is 7.79. The van der Waals surface area contributed by atoms with Gasteiger partial charge in [0, 0.05) is 6.42 Å². The van der Waals surface area contributed by atoms with Gasteiger partial charge in [0.25, 0.3) is 0 Å². The number of ketones is 1. The summed E-state index contributed by atoms with van der Waals surface area (Å²) >= 11 is 5.97. The van der Waals surface area contributed by atoms with Crippen LogP contribution in [0.1, 0.15) is 25.3 Å². The van der Waals surface area contributed by atoms with Crippen LogP contribution in [0.5, 0.6) is 5.75 Å². The van der Waals surface area contributed by atoms with Gasteiger partial charge in [-0.25, -0.2) is 0 Å². The topological polar surface area (TPSA) is 52.6 Å². The molecule has 4 nitrogen and oxygen atoms in total. The highest BCUT2D eigenvalue weighted by Crippen LogP contribution is 2.25. The van der Waals surface area contributed by atoms with E-state index < -0.39 is 0 Å². The number of halogens is 1. The molecule has 1 aromatic rings. The number of aryl methyl sites for hydroxylation is 1. The van der Waals surface area contributed by atoms with Crippen molar-refractivity contribution in [2.24, 2.45) is 0 Å². The fourth-order valence-electron chi connectivity index (χ4n) is 1.43. The summed E-state index contributed by atoms with van der Waals surface area (Å²) in [5, 5.41) is 0.471. The first-order valence-corrected chi connectivity index (χ1v) is 6.47. The van der Waals surface area contributed by atoms with Gasteiger partial charge in [-0.3, -0.25) is 9.59 Å². The standard InChI is InChI=1S/C14H17ClO4/c1-3-18-14(17)7-5-11(16)9-19-13-6-4-10(2)8-12(13)15/h4,6,8H,3,5,7,9H2,1-2H3. The summed E-state index contributed by atoms with van der Waals surface area (Å²) in [5.41, 5.74) is 1.02. The lowest BCUT2D eigenvalue weighted by Gasteiger charge is -2.07. The highest BCUT2D eigenvalue weighted by molar-refractivity contribution is 6.32. The molecular formula is C14H17ClO4.